The molecule has 1 aromatic heterocycles. The van der Waals surface area contributed by atoms with Crippen LogP contribution in [0.3, 0.4) is 0 Å². The third-order valence-electron chi connectivity index (χ3n) is 3.48. The van der Waals surface area contributed by atoms with Crippen molar-refractivity contribution in [3.8, 4) is 11.5 Å². The summed E-state index contributed by atoms with van der Waals surface area (Å²) < 4.78 is 5.33. The van der Waals surface area contributed by atoms with Gasteiger partial charge in [-0.25, -0.2) is 0 Å². The van der Waals surface area contributed by atoms with E-state index in [4.69, 9.17) is 4.42 Å². The maximum absolute atomic E-state index is 12.1. The molecule has 3 rings (SSSR count). The average molecular weight is 338 g/mol. The topological polar surface area (TPSA) is 111 Å². The first-order valence-corrected chi connectivity index (χ1v) is 7.45. The van der Waals surface area contributed by atoms with Crippen LogP contribution in [-0.2, 0) is 11.2 Å². The van der Waals surface area contributed by atoms with E-state index in [0.717, 1.165) is 5.56 Å². The van der Waals surface area contributed by atoms with E-state index in [-0.39, 0.29) is 18.0 Å². The van der Waals surface area contributed by atoms with E-state index in [0.29, 0.717) is 23.0 Å². The van der Waals surface area contributed by atoms with E-state index in [2.05, 4.69) is 15.5 Å². The second-order valence-corrected chi connectivity index (χ2v) is 5.31. The van der Waals surface area contributed by atoms with Crippen LogP contribution in [0.4, 0.5) is 11.4 Å². The van der Waals surface area contributed by atoms with Gasteiger partial charge in [0.05, 0.1) is 11.3 Å². The molecule has 1 N–H and O–H groups in total. The minimum atomic E-state index is -0.496. The summed E-state index contributed by atoms with van der Waals surface area (Å²) in [6, 6.07) is 13.1. The first kappa shape index (κ1) is 16.3. The van der Waals surface area contributed by atoms with Gasteiger partial charge in [-0.3, -0.25) is 14.9 Å². The molecule has 0 spiro atoms. The lowest BCUT2D eigenvalue weighted by Gasteiger charge is -2.06. The molecule has 0 radical (unpaired) electrons. The Morgan fingerprint density at radius 1 is 1.16 bits per heavy atom. The summed E-state index contributed by atoms with van der Waals surface area (Å²) in [7, 11) is 0. The van der Waals surface area contributed by atoms with Crippen LogP contribution in [0.2, 0.25) is 0 Å². The molecule has 126 valence electrons. The molecule has 3 aromatic rings. The molecule has 8 heteroatoms. The number of hydrogen-bond donors (Lipinski definition) is 1. The predicted octanol–water partition coefficient (Wildman–Crippen LogP) is 3.13. The fourth-order valence-corrected chi connectivity index (χ4v) is 2.33. The van der Waals surface area contributed by atoms with Gasteiger partial charge < -0.3 is 9.73 Å². The van der Waals surface area contributed by atoms with Crippen LogP contribution >= 0.6 is 0 Å². The summed E-state index contributed by atoms with van der Waals surface area (Å²) in [6.45, 7) is 1.70. The van der Waals surface area contributed by atoms with Gasteiger partial charge in [-0.1, -0.05) is 18.2 Å². The Kier molecular flexibility index (Phi) is 4.51. The number of nitro benzene ring substituents is 1. The van der Waals surface area contributed by atoms with E-state index in [1.807, 2.05) is 0 Å². The molecular weight excluding hydrogens is 324 g/mol. The highest BCUT2D eigenvalue weighted by Gasteiger charge is 2.15. The van der Waals surface area contributed by atoms with Crippen molar-refractivity contribution < 1.29 is 14.1 Å². The fourth-order valence-electron chi connectivity index (χ4n) is 2.33. The van der Waals surface area contributed by atoms with Gasteiger partial charge in [0.15, 0.2) is 0 Å². The smallest absolute Gasteiger partial charge is 0.273 e. The zero-order valence-electron chi connectivity index (χ0n) is 13.3. The molecule has 1 amide bonds. The number of aryl methyl sites for hydroxylation is 1. The van der Waals surface area contributed by atoms with Crippen LogP contribution in [0.25, 0.3) is 11.5 Å². The van der Waals surface area contributed by atoms with E-state index >= 15 is 0 Å². The Bertz CT molecular complexity index is 918. The van der Waals surface area contributed by atoms with Gasteiger partial charge in [-0.05, 0) is 24.3 Å². The van der Waals surface area contributed by atoms with Gasteiger partial charge in [0.1, 0.15) is 0 Å². The molecule has 8 nitrogen and oxygen atoms in total. The van der Waals surface area contributed by atoms with Gasteiger partial charge in [-0.15, -0.1) is 10.2 Å². The highest BCUT2D eigenvalue weighted by Crippen LogP contribution is 2.21. The number of rotatable bonds is 5. The van der Waals surface area contributed by atoms with Crippen LogP contribution in [-0.4, -0.2) is 21.0 Å². The first-order chi connectivity index (χ1) is 12.0. The lowest BCUT2D eigenvalue weighted by Crippen LogP contribution is -2.15. The van der Waals surface area contributed by atoms with Crippen molar-refractivity contribution >= 4 is 17.3 Å². The fraction of sp³-hybridized carbons (Fsp3) is 0.118. The van der Waals surface area contributed by atoms with Crippen molar-refractivity contribution in [1.82, 2.24) is 10.2 Å². The molecule has 0 bridgehead atoms. The van der Waals surface area contributed by atoms with Gasteiger partial charge >= 0.3 is 0 Å². The molecule has 0 saturated heterocycles. The minimum absolute atomic E-state index is 0.0697. The highest BCUT2D eigenvalue weighted by atomic mass is 16.6. The third kappa shape index (κ3) is 3.86. The molecule has 0 saturated carbocycles. The van der Waals surface area contributed by atoms with Crippen LogP contribution in [0.15, 0.2) is 52.9 Å². The van der Waals surface area contributed by atoms with E-state index in [1.54, 1.807) is 49.4 Å². The van der Waals surface area contributed by atoms with Crippen molar-refractivity contribution in [3.63, 3.8) is 0 Å². The van der Waals surface area contributed by atoms with Crippen molar-refractivity contribution in [2.45, 2.75) is 13.3 Å². The average Bonchev–Trinajstić information content (AvgIpc) is 3.02. The van der Waals surface area contributed by atoms with Crippen LogP contribution in [0, 0.1) is 17.0 Å². The molecule has 25 heavy (non-hydrogen) atoms. The van der Waals surface area contributed by atoms with E-state index < -0.39 is 4.92 Å². The molecule has 0 aliphatic carbocycles. The first-order valence-electron chi connectivity index (χ1n) is 7.45. The number of para-hydroxylation sites is 1. The number of anilines is 1. The van der Waals surface area contributed by atoms with Crippen molar-refractivity contribution in [2.24, 2.45) is 0 Å². The molecule has 0 atom stereocenters. The zero-order chi connectivity index (χ0) is 17.8. The summed E-state index contributed by atoms with van der Waals surface area (Å²) in [5.74, 6) is 0.530. The highest BCUT2D eigenvalue weighted by molar-refractivity contribution is 5.93. The summed E-state index contributed by atoms with van der Waals surface area (Å²) in [6.07, 6.45) is -0.0816. The standard InChI is InChI=1S/C17H14N4O4/c1-11-19-20-17(25-11)12-6-8-14(9-7-12)18-16(22)10-13-4-2-3-5-15(13)21(23)24/h2-9H,10H2,1H3,(H,18,22). The third-order valence-corrected chi connectivity index (χ3v) is 3.48. The summed E-state index contributed by atoms with van der Waals surface area (Å²) in [5, 5.41) is 21.4. The molecule has 0 aliphatic rings. The Morgan fingerprint density at radius 3 is 2.52 bits per heavy atom. The Balaban J connectivity index is 1.68. The molecule has 0 fully saturated rings. The number of hydrogen-bond acceptors (Lipinski definition) is 6. The Labute approximate surface area is 142 Å². The quantitative estimate of drug-likeness (QED) is 0.565. The SMILES string of the molecule is Cc1nnc(-c2ccc(NC(=O)Cc3ccccc3[N+](=O)[O-])cc2)o1. The summed E-state index contributed by atoms with van der Waals surface area (Å²) in [4.78, 5) is 22.6. The number of nitro groups is 1. The number of benzene rings is 2. The van der Waals surface area contributed by atoms with Crippen molar-refractivity contribution in [3.05, 3.63) is 70.1 Å². The predicted molar refractivity (Wildman–Crippen MR) is 89.9 cm³/mol. The van der Waals surface area contributed by atoms with Crippen LogP contribution in [0.5, 0.6) is 0 Å². The molecule has 2 aromatic carbocycles. The lowest BCUT2D eigenvalue weighted by atomic mass is 10.1. The Morgan fingerprint density at radius 2 is 1.88 bits per heavy atom. The summed E-state index contributed by atoms with van der Waals surface area (Å²) in [5.41, 5.74) is 1.60. The maximum Gasteiger partial charge on any atom is 0.273 e. The number of carbonyl (C=O) groups excluding carboxylic acids is 1. The maximum atomic E-state index is 12.1. The van der Waals surface area contributed by atoms with Crippen LogP contribution < -0.4 is 5.32 Å². The Hall–Kier alpha value is -3.55. The van der Waals surface area contributed by atoms with Gasteiger partial charge in [0.25, 0.3) is 5.69 Å². The van der Waals surface area contributed by atoms with E-state index in [9.17, 15) is 14.9 Å². The van der Waals surface area contributed by atoms with E-state index in [1.165, 1.54) is 6.07 Å². The normalized spacial score (nSPS) is 10.4. The molecule has 1 heterocycles. The minimum Gasteiger partial charge on any atom is -0.421 e. The number of amides is 1. The van der Waals surface area contributed by atoms with Gasteiger partial charge in [-0.2, -0.15) is 0 Å². The molecular formula is C17H14N4O4. The largest absolute Gasteiger partial charge is 0.421 e. The second-order valence-electron chi connectivity index (χ2n) is 5.31. The van der Waals surface area contributed by atoms with Crippen LogP contribution in [0.1, 0.15) is 11.5 Å². The van der Waals surface area contributed by atoms with Crippen molar-refractivity contribution in [2.75, 3.05) is 5.32 Å². The van der Waals surface area contributed by atoms with Gasteiger partial charge in [0, 0.05) is 29.8 Å². The molecule has 0 aliphatic heterocycles. The van der Waals surface area contributed by atoms with Crippen molar-refractivity contribution in [1.29, 1.82) is 0 Å². The number of nitrogens with one attached hydrogen (secondary N) is 1. The zero-order valence-corrected chi connectivity index (χ0v) is 13.3. The lowest BCUT2D eigenvalue weighted by molar-refractivity contribution is -0.385. The second kappa shape index (κ2) is 6.91. The monoisotopic (exact) mass is 338 g/mol. The summed E-state index contributed by atoms with van der Waals surface area (Å²) >= 11 is 0. The number of nitrogens with zero attached hydrogens (tertiary/aromatic N) is 3. The number of carbonyl (C=O) groups is 1. The van der Waals surface area contributed by atoms with Gasteiger partial charge in [0.2, 0.25) is 17.7 Å². The molecule has 0 unspecified atom stereocenters. The number of aromatic nitrogens is 2.